The Morgan fingerprint density at radius 2 is 1.19 bits per heavy atom. The van der Waals surface area contributed by atoms with Gasteiger partial charge in [-0.15, -0.1) is 0 Å². The highest BCUT2D eigenvalue weighted by Gasteiger charge is 2.25. The van der Waals surface area contributed by atoms with E-state index in [9.17, 15) is 0 Å². The Morgan fingerprint density at radius 1 is 0.556 bits per heavy atom. The predicted molar refractivity (Wildman–Crippen MR) is 112 cm³/mol. The van der Waals surface area contributed by atoms with Gasteiger partial charge in [0.2, 0.25) is 0 Å². The first-order chi connectivity index (χ1) is 13.4. The van der Waals surface area contributed by atoms with Gasteiger partial charge < -0.3 is 14.1 Å². The average Bonchev–Trinajstić information content (AvgIpc) is 3.20. The second kappa shape index (κ2) is 3.84. The normalized spacial score (nSPS) is 13.5. The zero-order valence-corrected chi connectivity index (χ0v) is 14.2. The Kier molecular flexibility index (Phi) is 1.79. The minimum absolute atomic E-state index is 0.956. The maximum absolute atomic E-state index is 6.26. The quantitative estimate of drug-likeness (QED) is 0.328. The summed E-state index contributed by atoms with van der Waals surface area (Å²) in [5, 5.41) is 11.2. The molecule has 4 heterocycles. The molecule has 3 heteroatoms. The van der Waals surface area contributed by atoms with Crippen molar-refractivity contribution in [3.8, 4) is 0 Å². The van der Waals surface area contributed by atoms with Gasteiger partial charge >= 0.3 is 0 Å². The summed E-state index contributed by atoms with van der Waals surface area (Å²) >= 11 is 0. The molecule has 0 atom stereocenters. The smallest absolute Gasteiger partial charge is 0.137 e. The lowest BCUT2D eigenvalue weighted by molar-refractivity contribution is 0.669. The Labute approximate surface area is 152 Å². The molecular weight excluding hydrogens is 332 g/mol. The topological polar surface area (TPSA) is 29.6 Å². The number of furan rings is 1. The van der Waals surface area contributed by atoms with Gasteiger partial charge in [0, 0.05) is 21.5 Å². The van der Waals surface area contributed by atoms with E-state index in [4.69, 9.17) is 4.42 Å². The SMILES string of the molecule is c1cc2oc3ccc4c5cccc6c5n5c7c(cccc7c(c1)c2c3c45)N6. The Balaban J connectivity index is 1.99. The van der Waals surface area contributed by atoms with Crippen LogP contribution in [0.4, 0.5) is 11.4 Å². The van der Waals surface area contributed by atoms with Crippen LogP contribution in [0.2, 0.25) is 0 Å². The van der Waals surface area contributed by atoms with Gasteiger partial charge in [-0.05, 0) is 35.7 Å². The minimum Gasteiger partial charge on any atom is -0.456 e. The number of aromatic nitrogens is 1. The van der Waals surface area contributed by atoms with Crippen LogP contribution in [0, 0.1) is 0 Å². The van der Waals surface area contributed by atoms with Crippen molar-refractivity contribution >= 4 is 71.4 Å². The molecule has 8 rings (SSSR count). The third-order valence-electron chi connectivity index (χ3n) is 6.23. The van der Waals surface area contributed by atoms with Crippen LogP contribution in [0.3, 0.4) is 0 Å². The van der Waals surface area contributed by atoms with Crippen molar-refractivity contribution in [3.63, 3.8) is 0 Å². The molecular formula is C24H12N2O. The van der Waals surface area contributed by atoms with Crippen LogP contribution in [0.1, 0.15) is 0 Å². The first kappa shape index (κ1) is 12.6. The third-order valence-corrected chi connectivity index (χ3v) is 6.23. The van der Waals surface area contributed by atoms with Crippen LogP contribution < -0.4 is 5.32 Å². The molecule has 0 unspecified atom stereocenters. The molecule has 0 spiro atoms. The average molecular weight is 344 g/mol. The molecule has 4 aromatic carbocycles. The van der Waals surface area contributed by atoms with Crippen molar-refractivity contribution in [1.29, 1.82) is 0 Å². The highest BCUT2D eigenvalue weighted by atomic mass is 16.3. The number of nitrogens with zero attached hydrogens (tertiary/aromatic N) is 1. The summed E-state index contributed by atoms with van der Waals surface area (Å²) in [6.45, 7) is 0. The second-order valence-electron chi connectivity index (χ2n) is 7.48. The molecule has 0 aliphatic carbocycles. The lowest BCUT2D eigenvalue weighted by Gasteiger charge is -2.17. The van der Waals surface area contributed by atoms with Crippen molar-refractivity contribution in [2.75, 3.05) is 5.32 Å². The number of nitrogens with one attached hydrogen (secondary N) is 1. The maximum atomic E-state index is 6.26. The first-order valence-corrected chi connectivity index (χ1v) is 9.22. The molecule has 0 fully saturated rings. The highest BCUT2D eigenvalue weighted by Crippen LogP contribution is 2.48. The van der Waals surface area contributed by atoms with Crippen LogP contribution in [0.5, 0.6) is 0 Å². The Morgan fingerprint density at radius 3 is 2.00 bits per heavy atom. The number of rotatable bonds is 0. The van der Waals surface area contributed by atoms with Crippen LogP contribution in [0.15, 0.2) is 71.1 Å². The molecule has 1 aliphatic rings. The summed E-state index contributed by atoms with van der Waals surface area (Å²) in [6.07, 6.45) is 0. The molecule has 0 bridgehead atoms. The molecule has 0 amide bonds. The zero-order chi connectivity index (χ0) is 17.3. The van der Waals surface area contributed by atoms with Gasteiger partial charge in [-0.25, -0.2) is 0 Å². The van der Waals surface area contributed by atoms with E-state index in [0.29, 0.717) is 0 Å². The molecule has 0 saturated carbocycles. The van der Waals surface area contributed by atoms with Crippen molar-refractivity contribution < 1.29 is 4.42 Å². The van der Waals surface area contributed by atoms with Gasteiger partial charge in [0.05, 0.1) is 33.3 Å². The number of benzene rings is 4. The summed E-state index contributed by atoms with van der Waals surface area (Å²) in [4.78, 5) is 0. The van der Waals surface area contributed by atoms with Crippen molar-refractivity contribution in [2.45, 2.75) is 0 Å². The lowest BCUT2D eigenvalue weighted by atomic mass is 10.0. The predicted octanol–water partition coefficient (Wildman–Crippen LogP) is 6.79. The summed E-state index contributed by atoms with van der Waals surface area (Å²) in [7, 11) is 0. The molecule has 124 valence electrons. The summed E-state index contributed by atoms with van der Waals surface area (Å²) in [6, 6.07) is 23.8. The summed E-state index contributed by atoms with van der Waals surface area (Å²) < 4.78 is 8.71. The van der Waals surface area contributed by atoms with E-state index >= 15 is 0 Å². The highest BCUT2D eigenvalue weighted by molar-refractivity contribution is 6.33. The van der Waals surface area contributed by atoms with Crippen LogP contribution in [-0.4, -0.2) is 4.40 Å². The van der Waals surface area contributed by atoms with Crippen LogP contribution in [0.25, 0.3) is 60.0 Å². The Hall–Kier alpha value is -3.72. The second-order valence-corrected chi connectivity index (χ2v) is 7.48. The lowest BCUT2D eigenvalue weighted by Crippen LogP contribution is -2.01. The van der Waals surface area contributed by atoms with E-state index in [1.807, 2.05) is 0 Å². The fourth-order valence-corrected chi connectivity index (χ4v) is 5.25. The molecule has 0 radical (unpaired) electrons. The van der Waals surface area contributed by atoms with Gasteiger partial charge in [-0.1, -0.05) is 36.4 Å². The Bertz CT molecular complexity index is 1750. The van der Waals surface area contributed by atoms with E-state index in [1.165, 1.54) is 48.9 Å². The number of fused-ring (bicyclic) bond motifs is 2. The maximum Gasteiger partial charge on any atom is 0.137 e. The van der Waals surface area contributed by atoms with E-state index in [-0.39, 0.29) is 0 Å². The molecule has 1 N–H and O–H groups in total. The van der Waals surface area contributed by atoms with E-state index in [2.05, 4.69) is 76.4 Å². The number of anilines is 2. The number of para-hydroxylation sites is 2. The van der Waals surface area contributed by atoms with Crippen molar-refractivity contribution in [2.24, 2.45) is 0 Å². The van der Waals surface area contributed by atoms with Crippen LogP contribution in [-0.2, 0) is 0 Å². The minimum atomic E-state index is 0.956. The molecule has 27 heavy (non-hydrogen) atoms. The number of hydrogen-bond donors (Lipinski definition) is 1. The van der Waals surface area contributed by atoms with Crippen molar-refractivity contribution in [3.05, 3.63) is 66.7 Å². The largest absolute Gasteiger partial charge is 0.456 e. The molecule has 3 aromatic heterocycles. The third kappa shape index (κ3) is 1.20. The number of hydrogen-bond acceptors (Lipinski definition) is 2. The van der Waals surface area contributed by atoms with Gasteiger partial charge in [0.25, 0.3) is 0 Å². The molecule has 1 aliphatic heterocycles. The fourth-order valence-electron chi connectivity index (χ4n) is 5.25. The van der Waals surface area contributed by atoms with Crippen LogP contribution >= 0.6 is 0 Å². The van der Waals surface area contributed by atoms with E-state index < -0.39 is 0 Å². The monoisotopic (exact) mass is 344 g/mol. The van der Waals surface area contributed by atoms with Gasteiger partial charge in [-0.3, -0.25) is 0 Å². The first-order valence-electron chi connectivity index (χ1n) is 9.22. The van der Waals surface area contributed by atoms with Gasteiger partial charge in [-0.2, -0.15) is 0 Å². The summed E-state index contributed by atoms with van der Waals surface area (Å²) in [5.74, 6) is 0. The summed E-state index contributed by atoms with van der Waals surface area (Å²) in [5.41, 5.74) is 7.98. The van der Waals surface area contributed by atoms with E-state index in [0.717, 1.165) is 22.5 Å². The zero-order valence-electron chi connectivity index (χ0n) is 14.2. The molecule has 3 nitrogen and oxygen atoms in total. The van der Waals surface area contributed by atoms with Crippen molar-refractivity contribution in [1.82, 2.24) is 4.40 Å². The molecule has 0 saturated heterocycles. The van der Waals surface area contributed by atoms with Gasteiger partial charge in [0.1, 0.15) is 11.2 Å². The fraction of sp³-hybridized carbons (Fsp3) is 0. The van der Waals surface area contributed by atoms with E-state index in [1.54, 1.807) is 0 Å². The van der Waals surface area contributed by atoms with Gasteiger partial charge in [0.15, 0.2) is 0 Å². The standard InChI is InChI=1S/C24H12N2O/c1-5-13-12-4-3-9-18-20(12)21-19(27-18)11-10-15-14-6-2-8-17-23(14)26(24(15)21)22(13)16(7-1)25-17/h1-11,25H. The molecule has 7 aromatic rings.